The third-order valence-corrected chi connectivity index (χ3v) is 3.44. The number of aromatic carboxylic acids is 1. The molecule has 0 heterocycles. The Kier molecular flexibility index (Phi) is 5.67. The van der Waals surface area contributed by atoms with E-state index in [1.54, 1.807) is 12.1 Å². The lowest BCUT2D eigenvalue weighted by Crippen LogP contribution is -2.11. The summed E-state index contributed by atoms with van der Waals surface area (Å²) in [6.45, 7) is 3.14. The number of halogens is 1. The normalized spacial score (nSPS) is 10.3. The molecular weight excluding hydrogens is 302 g/mol. The van der Waals surface area contributed by atoms with Crippen LogP contribution in [-0.4, -0.2) is 24.2 Å². The molecule has 0 amide bonds. The monoisotopic (exact) mass is 319 g/mol. The molecule has 0 unspecified atom stereocenters. The van der Waals surface area contributed by atoms with Gasteiger partial charge in [-0.25, -0.2) is 4.79 Å². The topological polar surface area (TPSA) is 58.6 Å². The first-order valence-electron chi connectivity index (χ1n) is 7.03. The van der Waals surface area contributed by atoms with Gasteiger partial charge in [0.05, 0.1) is 22.9 Å². The standard InChI is InChI=1S/C17H18ClNO3/c1-12-5-2-6-13(11-12)22-10-4-9-19-16-14(17(20)21)7-3-8-15(16)18/h2-3,5-8,11,19H,4,9-10H2,1H3,(H,20,21). The van der Waals surface area contributed by atoms with Crippen molar-refractivity contribution in [3.05, 3.63) is 58.6 Å². The number of nitrogens with one attached hydrogen (secondary N) is 1. The maximum atomic E-state index is 11.2. The van der Waals surface area contributed by atoms with Crippen LogP contribution in [0.15, 0.2) is 42.5 Å². The highest BCUT2D eigenvalue weighted by molar-refractivity contribution is 6.34. The minimum absolute atomic E-state index is 0.173. The molecule has 0 aromatic heterocycles. The van der Waals surface area contributed by atoms with Gasteiger partial charge in [0.1, 0.15) is 5.75 Å². The third-order valence-electron chi connectivity index (χ3n) is 3.13. The van der Waals surface area contributed by atoms with Crippen molar-refractivity contribution in [3.8, 4) is 5.75 Å². The van der Waals surface area contributed by atoms with Crippen LogP contribution in [0.2, 0.25) is 5.02 Å². The summed E-state index contributed by atoms with van der Waals surface area (Å²) in [7, 11) is 0. The Morgan fingerprint density at radius 3 is 2.77 bits per heavy atom. The molecule has 0 radical (unpaired) electrons. The number of hydrogen-bond donors (Lipinski definition) is 2. The van der Waals surface area contributed by atoms with Crippen molar-refractivity contribution >= 4 is 23.3 Å². The number of benzene rings is 2. The van der Waals surface area contributed by atoms with Crippen LogP contribution in [0, 0.1) is 6.92 Å². The number of hydrogen-bond acceptors (Lipinski definition) is 3. The highest BCUT2D eigenvalue weighted by Crippen LogP contribution is 2.26. The number of para-hydroxylation sites is 1. The molecular formula is C17H18ClNO3. The largest absolute Gasteiger partial charge is 0.494 e. The summed E-state index contributed by atoms with van der Waals surface area (Å²) in [6.07, 6.45) is 0.734. The van der Waals surface area contributed by atoms with Crippen LogP contribution in [0.5, 0.6) is 5.75 Å². The molecule has 2 aromatic rings. The molecule has 2 rings (SSSR count). The van der Waals surface area contributed by atoms with Gasteiger partial charge in [-0.2, -0.15) is 0 Å². The molecule has 2 aromatic carbocycles. The van der Waals surface area contributed by atoms with Gasteiger partial charge in [0, 0.05) is 6.54 Å². The fourth-order valence-electron chi connectivity index (χ4n) is 2.06. The summed E-state index contributed by atoms with van der Waals surface area (Å²) in [5, 5.41) is 12.6. The van der Waals surface area contributed by atoms with Crippen LogP contribution in [0.25, 0.3) is 0 Å². The molecule has 0 fully saturated rings. The molecule has 0 aliphatic heterocycles. The number of anilines is 1. The van der Waals surface area contributed by atoms with Gasteiger partial charge in [0.15, 0.2) is 0 Å². The summed E-state index contributed by atoms with van der Waals surface area (Å²) in [5.41, 5.74) is 1.78. The molecule has 22 heavy (non-hydrogen) atoms. The Balaban J connectivity index is 1.83. The zero-order valence-electron chi connectivity index (χ0n) is 12.3. The van der Waals surface area contributed by atoms with E-state index in [9.17, 15) is 4.79 Å². The van der Waals surface area contributed by atoms with Gasteiger partial charge in [-0.15, -0.1) is 0 Å². The molecule has 116 valence electrons. The van der Waals surface area contributed by atoms with E-state index in [2.05, 4.69) is 5.32 Å². The molecule has 0 aliphatic rings. The lowest BCUT2D eigenvalue weighted by molar-refractivity contribution is 0.0698. The Bertz CT molecular complexity index is 658. The number of carboxylic acid groups (broad SMARTS) is 1. The van der Waals surface area contributed by atoms with Crippen molar-refractivity contribution in [2.24, 2.45) is 0 Å². The number of rotatable bonds is 7. The first-order chi connectivity index (χ1) is 10.6. The fraction of sp³-hybridized carbons (Fsp3) is 0.235. The van der Waals surface area contributed by atoms with E-state index in [0.717, 1.165) is 17.7 Å². The van der Waals surface area contributed by atoms with E-state index in [1.165, 1.54) is 6.07 Å². The Morgan fingerprint density at radius 1 is 1.27 bits per heavy atom. The van der Waals surface area contributed by atoms with Crippen molar-refractivity contribution in [2.75, 3.05) is 18.5 Å². The second-order valence-corrected chi connectivity index (χ2v) is 5.32. The summed E-state index contributed by atoms with van der Waals surface area (Å²) in [5.74, 6) is -0.162. The van der Waals surface area contributed by atoms with Crippen LogP contribution < -0.4 is 10.1 Å². The van der Waals surface area contributed by atoms with Crippen LogP contribution in [-0.2, 0) is 0 Å². The Morgan fingerprint density at radius 2 is 2.05 bits per heavy atom. The molecule has 0 saturated carbocycles. The first kappa shape index (κ1) is 16.2. The van der Waals surface area contributed by atoms with E-state index in [0.29, 0.717) is 23.9 Å². The number of carboxylic acids is 1. The highest BCUT2D eigenvalue weighted by Gasteiger charge is 2.12. The maximum Gasteiger partial charge on any atom is 0.337 e. The molecule has 0 aliphatic carbocycles. The summed E-state index contributed by atoms with van der Waals surface area (Å²) >= 11 is 6.04. The minimum Gasteiger partial charge on any atom is -0.494 e. The first-order valence-corrected chi connectivity index (χ1v) is 7.41. The van der Waals surface area contributed by atoms with Crippen molar-refractivity contribution in [1.82, 2.24) is 0 Å². The van der Waals surface area contributed by atoms with Gasteiger partial charge < -0.3 is 15.2 Å². The van der Waals surface area contributed by atoms with Crippen molar-refractivity contribution in [3.63, 3.8) is 0 Å². The number of carbonyl (C=O) groups is 1. The average molecular weight is 320 g/mol. The molecule has 0 atom stereocenters. The summed E-state index contributed by atoms with van der Waals surface area (Å²) < 4.78 is 5.64. The molecule has 5 heteroatoms. The van der Waals surface area contributed by atoms with E-state index in [1.807, 2.05) is 31.2 Å². The van der Waals surface area contributed by atoms with E-state index in [-0.39, 0.29) is 5.56 Å². The summed E-state index contributed by atoms with van der Waals surface area (Å²) in [4.78, 5) is 11.2. The second-order valence-electron chi connectivity index (χ2n) is 4.91. The zero-order valence-corrected chi connectivity index (χ0v) is 13.1. The van der Waals surface area contributed by atoms with Crippen LogP contribution in [0.4, 0.5) is 5.69 Å². The number of aryl methyl sites for hydroxylation is 1. The fourth-order valence-corrected chi connectivity index (χ4v) is 2.30. The van der Waals surface area contributed by atoms with E-state index >= 15 is 0 Å². The van der Waals surface area contributed by atoms with Gasteiger partial charge in [0.2, 0.25) is 0 Å². The summed E-state index contributed by atoms with van der Waals surface area (Å²) in [6, 6.07) is 12.7. The molecule has 2 N–H and O–H groups in total. The predicted octanol–water partition coefficient (Wildman–Crippen LogP) is 4.23. The van der Waals surface area contributed by atoms with Crippen LogP contribution in [0.1, 0.15) is 22.3 Å². The highest BCUT2D eigenvalue weighted by atomic mass is 35.5. The van der Waals surface area contributed by atoms with E-state index < -0.39 is 5.97 Å². The maximum absolute atomic E-state index is 11.2. The SMILES string of the molecule is Cc1cccc(OCCCNc2c(Cl)cccc2C(=O)O)c1. The molecule has 0 bridgehead atoms. The predicted molar refractivity (Wildman–Crippen MR) is 88.2 cm³/mol. The molecule has 0 spiro atoms. The van der Waals surface area contributed by atoms with Gasteiger partial charge in [-0.05, 0) is 43.2 Å². The second kappa shape index (κ2) is 7.71. The van der Waals surface area contributed by atoms with Crippen molar-refractivity contribution < 1.29 is 14.6 Å². The van der Waals surface area contributed by atoms with Gasteiger partial charge in [-0.1, -0.05) is 29.8 Å². The Labute approximate surface area is 134 Å². The third kappa shape index (κ3) is 4.40. The van der Waals surface area contributed by atoms with Gasteiger partial charge >= 0.3 is 5.97 Å². The van der Waals surface area contributed by atoms with Crippen LogP contribution >= 0.6 is 11.6 Å². The zero-order chi connectivity index (χ0) is 15.9. The van der Waals surface area contributed by atoms with E-state index in [4.69, 9.17) is 21.4 Å². The van der Waals surface area contributed by atoms with Gasteiger partial charge in [-0.3, -0.25) is 0 Å². The number of ether oxygens (including phenoxy) is 1. The van der Waals surface area contributed by atoms with Crippen LogP contribution in [0.3, 0.4) is 0 Å². The molecule has 0 saturated heterocycles. The minimum atomic E-state index is -0.999. The molecule has 4 nitrogen and oxygen atoms in total. The lowest BCUT2D eigenvalue weighted by atomic mass is 10.1. The Hall–Kier alpha value is -2.20. The quantitative estimate of drug-likeness (QED) is 0.750. The van der Waals surface area contributed by atoms with Crippen molar-refractivity contribution in [2.45, 2.75) is 13.3 Å². The lowest BCUT2D eigenvalue weighted by Gasteiger charge is -2.12. The smallest absolute Gasteiger partial charge is 0.337 e. The van der Waals surface area contributed by atoms with Gasteiger partial charge in [0.25, 0.3) is 0 Å². The average Bonchev–Trinajstić information content (AvgIpc) is 2.48. The van der Waals surface area contributed by atoms with Crippen molar-refractivity contribution in [1.29, 1.82) is 0 Å².